The number of aromatic nitrogens is 1. The van der Waals surface area contributed by atoms with E-state index in [2.05, 4.69) is 17.2 Å². The maximum Gasteiger partial charge on any atom is 0.0546 e. The summed E-state index contributed by atoms with van der Waals surface area (Å²) >= 11 is 0. The van der Waals surface area contributed by atoms with Crippen LogP contribution in [0, 0.1) is 0 Å². The summed E-state index contributed by atoms with van der Waals surface area (Å²) in [6, 6.07) is 1.93. The first kappa shape index (κ1) is 8.01. The number of nitrogens with one attached hydrogen (secondary N) is 1. The lowest BCUT2D eigenvalue weighted by Gasteiger charge is -2.03. The highest BCUT2D eigenvalue weighted by atomic mass is 14.8. The molecule has 0 unspecified atom stereocenters. The van der Waals surface area contributed by atoms with Gasteiger partial charge < -0.3 is 11.1 Å². The average molecular weight is 151 g/mol. The lowest BCUT2D eigenvalue weighted by atomic mass is 10.2. The smallest absolute Gasteiger partial charge is 0.0546 e. The Balaban J connectivity index is 2.62. The Labute approximate surface area is 66.6 Å². The Bertz CT molecular complexity index is 222. The van der Waals surface area contributed by atoms with Gasteiger partial charge >= 0.3 is 0 Å². The monoisotopic (exact) mass is 151 g/mol. The fourth-order valence-electron chi connectivity index (χ4n) is 0.856. The van der Waals surface area contributed by atoms with E-state index in [1.165, 1.54) is 0 Å². The van der Waals surface area contributed by atoms with Gasteiger partial charge in [-0.15, -0.1) is 0 Å². The topological polar surface area (TPSA) is 50.9 Å². The Morgan fingerprint density at radius 2 is 2.45 bits per heavy atom. The second-order valence-electron chi connectivity index (χ2n) is 2.35. The third kappa shape index (κ3) is 2.20. The van der Waals surface area contributed by atoms with Gasteiger partial charge in [0.1, 0.15) is 0 Å². The van der Waals surface area contributed by atoms with Crippen LogP contribution in [0.1, 0.15) is 12.5 Å². The summed E-state index contributed by atoms with van der Waals surface area (Å²) in [5.74, 6) is 0. The molecule has 0 bridgehead atoms. The largest absolute Gasteiger partial charge is 0.397 e. The van der Waals surface area contributed by atoms with Crippen molar-refractivity contribution in [2.45, 2.75) is 13.5 Å². The molecule has 0 saturated heterocycles. The number of hydrogen-bond donors (Lipinski definition) is 2. The van der Waals surface area contributed by atoms with Crippen LogP contribution in [0.15, 0.2) is 18.5 Å². The third-order valence-corrected chi connectivity index (χ3v) is 1.51. The summed E-state index contributed by atoms with van der Waals surface area (Å²) in [5.41, 5.74) is 7.53. The number of rotatable bonds is 3. The molecule has 1 aromatic heterocycles. The summed E-state index contributed by atoms with van der Waals surface area (Å²) < 4.78 is 0. The highest BCUT2D eigenvalue weighted by Gasteiger charge is 1.94. The van der Waals surface area contributed by atoms with Crippen LogP contribution in [0.2, 0.25) is 0 Å². The van der Waals surface area contributed by atoms with Crippen LogP contribution in [0.4, 0.5) is 5.69 Å². The molecule has 11 heavy (non-hydrogen) atoms. The minimum absolute atomic E-state index is 0.758. The van der Waals surface area contributed by atoms with Gasteiger partial charge in [0.05, 0.1) is 11.9 Å². The van der Waals surface area contributed by atoms with Crippen LogP contribution in [0.5, 0.6) is 0 Å². The van der Waals surface area contributed by atoms with Crippen molar-refractivity contribution in [3.05, 3.63) is 24.0 Å². The number of hydrogen-bond acceptors (Lipinski definition) is 3. The first-order chi connectivity index (χ1) is 5.34. The molecule has 1 heterocycles. The lowest BCUT2D eigenvalue weighted by Crippen LogP contribution is -2.13. The first-order valence-electron chi connectivity index (χ1n) is 3.73. The van der Waals surface area contributed by atoms with Gasteiger partial charge in [0, 0.05) is 12.7 Å². The van der Waals surface area contributed by atoms with Crippen LogP contribution in [0.25, 0.3) is 0 Å². The minimum Gasteiger partial charge on any atom is -0.397 e. The summed E-state index contributed by atoms with van der Waals surface area (Å²) in [7, 11) is 0. The normalized spacial score (nSPS) is 9.91. The van der Waals surface area contributed by atoms with Crippen molar-refractivity contribution in [2.75, 3.05) is 12.3 Å². The standard InChI is InChI=1S/C8H13N3/c1-2-10-5-7-3-4-11-6-8(7)9/h3-4,6,10H,2,5,9H2,1H3. The summed E-state index contributed by atoms with van der Waals surface area (Å²) in [6.07, 6.45) is 3.43. The molecule has 0 aliphatic heterocycles. The number of nitrogens with two attached hydrogens (primary N) is 1. The first-order valence-corrected chi connectivity index (χ1v) is 3.73. The van der Waals surface area contributed by atoms with Crippen molar-refractivity contribution in [1.82, 2.24) is 10.3 Å². The highest BCUT2D eigenvalue weighted by Crippen LogP contribution is 2.06. The Kier molecular flexibility index (Phi) is 2.86. The molecular formula is C8H13N3. The van der Waals surface area contributed by atoms with Gasteiger partial charge in [-0.25, -0.2) is 0 Å². The molecule has 3 N–H and O–H groups in total. The maximum atomic E-state index is 5.66. The summed E-state index contributed by atoms with van der Waals surface area (Å²) in [6.45, 7) is 3.85. The van der Waals surface area contributed by atoms with E-state index in [4.69, 9.17) is 5.73 Å². The van der Waals surface area contributed by atoms with E-state index in [-0.39, 0.29) is 0 Å². The van der Waals surface area contributed by atoms with Crippen molar-refractivity contribution < 1.29 is 0 Å². The molecule has 1 rings (SSSR count). The molecule has 3 heteroatoms. The zero-order valence-corrected chi connectivity index (χ0v) is 6.67. The van der Waals surface area contributed by atoms with E-state index in [1.807, 2.05) is 6.07 Å². The molecule has 3 nitrogen and oxygen atoms in total. The average Bonchev–Trinajstić information content (AvgIpc) is 2.03. The third-order valence-electron chi connectivity index (χ3n) is 1.51. The molecule has 0 aliphatic rings. The van der Waals surface area contributed by atoms with Crippen LogP contribution >= 0.6 is 0 Å². The van der Waals surface area contributed by atoms with Crippen molar-refractivity contribution in [3.63, 3.8) is 0 Å². The number of nitrogens with zero attached hydrogens (tertiary/aromatic N) is 1. The fraction of sp³-hybridized carbons (Fsp3) is 0.375. The van der Waals surface area contributed by atoms with Crippen LogP contribution < -0.4 is 11.1 Å². The summed E-state index contributed by atoms with van der Waals surface area (Å²) in [4.78, 5) is 3.90. The van der Waals surface area contributed by atoms with Crippen molar-refractivity contribution in [1.29, 1.82) is 0 Å². The number of pyridine rings is 1. The van der Waals surface area contributed by atoms with Gasteiger partial charge in [0.2, 0.25) is 0 Å². The van der Waals surface area contributed by atoms with Crippen LogP contribution in [-0.4, -0.2) is 11.5 Å². The van der Waals surface area contributed by atoms with Gasteiger partial charge in [-0.2, -0.15) is 0 Å². The quantitative estimate of drug-likeness (QED) is 0.671. The van der Waals surface area contributed by atoms with E-state index in [9.17, 15) is 0 Å². The lowest BCUT2D eigenvalue weighted by molar-refractivity contribution is 0.727. The Morgan fingerprint density at radius 3 is 3.09 bits per heavy atom. The predicted molar refractivity (Wildman–Crippen MR) is 46.0 cm³/mol. The predicted octanol–water partition coefficient (Wildman–Crippen LogP) is 0.773. The van der Waals surface area contributed by atoms with Gasteiger partial charge in [-0.05, 0) is 18.2 Å². The maximum absolute atomic E-state index is 5.66. The van der Waals surface area contributed by atoms with Crippen molar-refractivity contribution in [3.8, 4) is 0 Å². The van der Waals surface area contributed by atoms with Crippen molar-refractivity contribution >= 4 is 5.69 Å². The highest BCUT2D eigenvalue weighted by molar-refractivity contribution is 5.43. The molecule has 0 saturated carbocycles. The van der Waals surface area contributed by atoms with Crippen LogP contribution in [-0.2, 0) is 6.54 Å². The van der Waals surface area contributed by atoms with Gasteiger partial charge in [-0.1, -0.05) is 6.92 Å². The Morgan fingerprint density at radius 1 is 1.64 bits per heavy atom. The molecule has 0 aliphatic carbocycles. The number of nitrogen functional groups attached to an aromatic ring is 1. The molecule has 0 spiro atoms. The second-order valence-corrected chi connectivity index (χ2v) is 2.35. The zero-order valence-electron chi connectivity index (χ0n) is 6.67. The SMILES string of the molecule is CCNCc1ccncc1N. The molecule has 0 fully saturated rings. The van der Waals surface area contributed by atoms with Gasteiger partial charge in [-0.3, -0.25) is 4.98 Å². The molecule has 0 atom stereocenters. The van der Waals surface area contributed by atoms with E-state index in [0.717, 1.165) is 24.3 Å². The Hall–Kier alpha value is -1.09. The molecule has 0 radical (unpaired) electrons. The van der Waals surface area contributed by atoms with E-state index in [1.54, 1.807) is 12.4 Å². The number of anilines is 1. The summed E-state index contributed by atoms with van der Waals surface area (Å²) in [5, 5.41) is 3.20. The zero-order chi connectivity index (χ0) is 8.10. The fourth-order valence-corrected chi connectivity index (χ4v) is 0.856. The minimum atomic E-state index is 0.758. The van der Waals surface area contributed by atoms with Gasteiger partial charge in [0.25, 0.3) is 0 Å². The molecule has 60 valence electrons. The van der Waals surface area contributed by atoms with E-state index in [0.29, 0.717) is 0 Å². The molecular weight excluding hydrogens is 138 g/mol. The van der Waals surface area contributed by atoms with Gasteiger partial charge in [0.15, 0.2) is 0 Å². The van der Waals surface area contributed by atoms with Crippen LogP contribution in [0.3, 0.4) is 0 Å². The molecule has 0 amide bonds. The second kappa shape index (κ2) is 3.93. The van der Waals surface area contributed by atoms with E-state index >= 15 is 0 Å². The molecule has 0 aromatic carbocycles. The van der Waals surface area contributed by atoms with Crippen molar-refractivity contribution in [2.24, 2.45) is 0 Å². The van der Waals surface area contributed by atoms with E-state index < -0.39 is 0 Å². The molecule has 1 aromatic rings.